The molecule has 0 saturated heterocycles. The van der Waals surface area contributed by atoms with Gasteiger partial charge in [0, 0.05) is 11.6 Å². The number of methoxy groups -OCH3 is 1. The van der Waals surface area contributed by atoms with E-state index < -0.39 is 36.3 Å². The van der Waals surface area contributed by atoms with Crippen LogP contribution in [0.3, 0.4) is 0 Å². The Hall–Kier alpha value is -3.37. The van der Waals surface area contributed by atoms with Crippen molar-refractivity contribution >= 4 is 17.6 Å². The molecule has 2 atom stereocenters. The topological polar surface area (TPSA) is 112 Å². The van der Waals surface area contributed by atoms with Crippen LogP contribution in [-0.2, 0) is 4.74 Å². The summed E-state index contributed by atoms with van der Waals surface area (Å²) in [4.78, 5) is 23.0. The fraction of sp³-hybridized carbons (Fsp3) is 0.333. The molecule has 11 heteroatoms. The lowest BCUT2D eigenvalue weighted by atomic mass is 10.0. The molecule has 0 radical (unpaired) electrons. The third-order valence-corrected chi connectivity index (χ3v) is 4.24. The maximum absolute atomic E-state index is 14.6. The molecule has 0 aliphatic heterocycles. The average molecular weight is 409 g/mol. The van der Waals surface area contributed by atoms with Gasteiger partial charge in [0.15, 0.2) is 0 Å². The fourth-order valence-corrected chi connectivity index (χ4v) is 2.78. The minimum absolute atomic E-state index is 0.0537. The van der Waals surface area contributed by atoms with Crippen molar-refractivity contribution in [3.63, 3.8) is 0 Å². The Labute approximate surface area is 164 Å². The first kappa shape index (κ1) is 20.4. The van der Waals surface area contributed by atoms with Crippen molar-refractivity contribution in [2.75, 3.05) is 12.4 Å². The molecule has 8 nitrogen and oxygen atoms in total. The van der Waals surface area contributed by atoms with Gasteiger partial charge in [-0.25, -0.2) is 14.4 Å². The van der Waals surface area contributed by atoms with Crippen molar-refractivity contribution in [3.8, 4) is 5.88 Å². The van der Waals surface area contributed by atoms with Crippen LogP contribution in [0.5, 0.6) is 5.88 Å². The molecule has 0 unspecified atom stereocenters. The Morgan fingerprint density at radius 2 is 2.10 bits per heavy atom. The van der Waals surface area contributed by atoms with Crippen LogP contribution in [0.25, 0.3) is 0 Å². The Bertz CT molecular complexity index is 937. The molecule has 1 heterocycles. The molecule has 1 aromatic heterocycles. The van der Waals surface area contributed by atoms with Crippen molar-refractivity contribution < 1.29 is 27.4 Å². The van der Waals surface area contributed by atoms with E-state index in [1.807, 2.05) is 0 Å². The lowest BCUT2D eigenvalue weighted by Crippen LogP contribution is -2.19. The average Bonchev–Trinajstić information content (AvgIpc) is 3.42. The van der Waals surface area contributed by atoms with Crippen LogP contribution in [0.4, 0.5) is 18.9 Å². The number of carbonyl (C=O) groups is 1. The zero-order chi connectivity index (χ0) is 21.1. The van der Waals surface area contributed by atoms with Crippen LogP contribution in [0, 0.1) is 12.7 Å². The minimum atomic E-state index is -2.98. The van der Waals surface area contributed by atoms with Gasteiger partial charge in [-0.2, -0.15) is 13.8 Å². The molecule has 3 N–H and O–H groups in total. The molecule has 154 valence electrons. The van der Waals surface area contributed by atoms with Crippen molar-refractivity contribution in [2.24, 2.45) is 10.7 Å². The van der Waals surface area contributed by atoms with Crippen LogP contribution in [0.15, 0.2) is 29.5 Å². The zero-order valence-electron chi connectivity index (χ0n) is 15.5. The first-order chi connectivity index (χ1) is 13.8. The van der Waals surface area contributed by atoms with Crippen LogP contribution < -0.4 is 15.8 Å². The lowest BCUT2D eigenvalue weighted by Gasteiger charge is -2.11. The third kappa shape index (κ3) is 4.92. The Morgan fingerprint density at radius 1 is 1.34 bits per heavy atom. The predicted octanol–water partition coefficient (Wildman–Crippen LogP) is 2.59. The summed E-state index contributed by atoms with van der Waals surface area (Å²) in [5.41, 5.74) is 6.27. The van der Waals surface area contributed by atoms with Crippen molar-refractivity contribution in [1.29, 1.82) is 0 Å². The van der Waals surface area contributed by atoms with Crippen LogP contribution in [0.1, 0.15) is 34.0 Å². The van der Waals surface area contributed by atoms with Crippen LogP contribution in [-0.4, -0.2) is 41.7 Å². The summed E-state index contributed by atoms with van der Waals surface area (Å²) in [6.45, 7) is -1.43. The molecule has 1 aromatic carbocycles. The van der Waals surface area contributed by atoms with E-state index in [1.54, 1.807) is 6.92 Å². The van der Waals surface area contributed by atoms with Gasteiger partial charge in [0.05, 0.1) is 19.5 Å². The summed E-state index contributed by atoms with van der Waals surface area (Å²) in [6, 6.07) is 2.29. The van der Waals surface area contributed by atoms with Gasteiger partial charge < -0.3 is 20.5 Å². The molecule has 1 aliphatic carbocycles. The highest BCUT2D eigenvalue weighted by Crippen LogP contribution is 2.45. The number of amides is 1. The quantitative estimate of drug-likeness (QED) is 0.431. The summed E-state index contributed by atoms with van der Waals surface area (Å²) in [5, 5.41) is 2.63. The molecule has 0 spiro atoms. The number of rotatable bonds is 6. The smallest absolute Gasteiger partial charge is 0.336 e. The highest BCUT2D eigenvalue weighted by atomic mass is 19.3. The number of carbonyl (C=O) groups excluding carboxylic acids is 1. The second-order valence-electron chi connectivity index (χ2n) is 6.34. The van der Waals surface area contributed by atoms with Gasteiger partial charge in [-0.15, -0.1) is 0 Å². The lowest BCUT2D eigenvalue weighted by molar-refractivity contribution is 0.102. The number of halogens is 3. The zero-order valence-corrected chi connectivity index (χ0v) is 15.5. The molecular formula is C18H18F3N5O3. The molecule has 29 heavy (non-hydrogen) atoms. The number of nitrogens with zero attached hydrogens (tertiary/aromatic N) is 3. The highest BCUT2D eigenvalue weighted by Gasteiger charge is 2.43. The monoisotopic (exact) mass is 409 g/mol. The first-order valence-electron chi connectivity index (χ1n) is 8.54. The van der Waals surface area contributed by atoms with Gasteiger partial charge in [-0.3, -0.25) is 4.79 Å². The van der Waals surface area contributed by atoms with E-state index in [9.17, 15) is 18.0 Å². The first-order valence-corrected chi connectivity index (χ1v) is 8.54. The van der Waals surface area contributed by atoms with Crippen LogP contribution in [0.2, 0.25) is 0 Å². The largest absolute Gasteiger partial charge is 0.480 e. The normalized spacial score (nSPS) is 18.5. The Morgan fingerprint density at radius 3 is 2.72 bits per heavy atom. The van der Waals surface area contributed by atoms with Gasteiger partial charge >= 0.3 is 6.55 Å². The number of alkyl halides is 2. The SMILES string of the molecule is COc1cnc(C(=O)Nc2cc(C)c(F)c([C@H]3C[C@H]3O/C(N)=N\C(F)F)c2)cn1. The summed E-state index contributed by atoms with van der Waals surface area (Å²) in [6.07, 6.45) is 2.37. The van der Waals surface area contributed by atoms with Gasteiger partial charge in [0.2, 0.25) is 5.88 Å². The van der Waals surface area contributed by atoms with Crippen molar-refractivity contribution in [3.05, 3.63) is 47.2 Å². The number of aromatic nitrogens is 2. The Kier molecular flexibility index (Phi) is 5.85. The van der Waals surface area contributed by atoms with Gasteiger partial charge in [-0.1, -0.05) is 0 Å². The molecule has 1 amide bonds. The molecule has 1 aliphatic rings. The predicted molar refractivity (Wildman–Crippen MR) is 97.5 cm³/mol. The van der Waals surface area contributed by atoms with E-state index in [-0.39, 0.29) is 17.1 Å². The number of anilines is 1. The highest BCUT2D eigenvalue weighted by molar-refractivity contribution is 6.02. The molecular weight excluding hydrogens is 391 g/mol. The second kappa shape index (κ2) is 8.33. The number of aryl methyl sites for hydroxylation is 1. The van der Waals surface area contributed by atoms with E-state index in [4.69, 9.17) is 15.2 Å². The van der Waals surface area contributed by atoms with E-state index in [2.05, 4.69) is 20.3 Å². The van der Waals surface area contributed by atoms with E-state index in [1.165, 1.54) is 31.6 Å². The third-order valence-electron chi connectivity index (χ3n) is 4.24. The number of benzene rings is 1. The molecule has 2 aromatic rings. The van der Waals surface area contributed by atoms with E-state index >= 15 is 0 Å². The van der Waals surface area contributed by atoms with Gasteiger partial charge in [-0.05, 0) is 36.6 Å². The molecule has 3 rings (SSSR count). The maximum atomic E-state index is 14.6. The van der Waals surface area contributed by atoms with Gasteiger partial charge in [0.1, 0.15) is 17.6 Å². The second-order valence-corrected chi connectivity index (χ2v) is 6.34. The summed E-state index contributed by atoms with van der Waals surface area (Å²) < 4.78 is 48.9. The summed E-state index contributed by atoms with van der Waals surface area (Å²) in [5.74, 6) is -1.13. The van der Waals surface area contributed by atoms with E-state index in [0.29, 0.717) is 17.7 Å². The number of amidine groups is 1. The number of nitrogens with one attached hydrogen (secondary N) is 1. The standard InChI is InChI=1S/C18H18F3N5O3/c1-8-3-9(25-16(27)12-6-24-14(28-2)7-23-12)4-11(15(8)19)10-5-13(10)29-18(22)26-17(20)21/h3-4,6-7,10,13,17H,5H2,1-2H3,(H2,22,26)(H,25,27)/t10-,13-/m1/s1. The molecule has 1 fully saturated rings. The number of nitrogens with two attached hydrogens (primary N) is 1. The fourth-order valence-electron chi connectivity index (χ4n) is 2.78. The number of hydrogen-bond donors (Lipinski definition) is 2. The molecule has 0 bridgehead atoms. The molecule has 1 saturated carbocycles. The van der Waals surface area contributed by atoms with Crippen LogP contribution >= 0.6 is 0 Å². The van der Waals surface area contributed by atoms with Crippen molar-refractivity contribution in [2.45, 2.75) is 31.9 Å². The van der Waals surface area contributed by atoms with Gasteiger partial charge in [0.25, 0.3) is 11.9 Å². The van der Waals surface area contributed by atoms with Crippen molar-refractivity contribution in [1.82, 2.24) is 9.97 Å². The number of aliphatic imine (C=N–C) groups is 1. The number of hydrogen-bond acceptors (Lipinski definition) is 6. The van der Waals surface area contributed by atoms with E-state index in [0.717, 1.165) is 0 Å². The number of ether oxygens (including phenoxy) is 2. The summed E-state index contributed by atoms with van der Waals surface area (Å²) >= 11 is 0. The maximum Gasteiger partial charge on any atom is 0.336 e. The Balaban J connectivity index is 1.73. The summed E-state index contributed by atoms with van der Waals surface area (Å²) in [7, 11) is 1.43. The minimum Gasteiger partial charge on any atom is -0.480 e.